The fraction of sp³-hybridized carbons (Fsp3) is 0.0588. The van der Waals surface area contributed by atoms with Crippen LogP contribution in [-0.2, 0) is 4.79 Å². The van der Waals surface area contributed by atoms with Crippen molar-refractivity contribution in [2.24, 2.45) is 5.10 Å². The number of hydrazone groups is 1. The van der Waals surface area contributed by atoms with Crippen molar-refractivity contribution in [2.45, 2.75) is 0 Å². The predicted octanol–water partition coefficient (Wildman–Crippen LogP) is 2.73. The first-order chi connectivity index (χ1) is 10.8. The van der Waals surface area contributed by atoms with Gasteiger partial charge in [0.15, 0.2) is 0 Å². The van der Waals surface area contributed by atoms with Crippen LogP contribution in [0.15, 0.2) is 65.9 Å². The van der Waals surface area contributed by atoms with Crippen LogP contribution in [0.3, 0.4) is 0 Å². The van der Waals surface area contributed by atoms with Gasteiger partial charge in [-0.2, -0.15) is 5.10 Å². The van der Waals surface area contributed by atoms with Crippen molar-refractivity contribution in [1.82, 2.24) is 10.4 Å². The first-order valence-corrected chi connectivity index (χ1v) is 6.99. The number of rotatable bonds is 5. The number of nitrogens with one attached hydrogen (secondary N) is 3. The van der Waals surface area contributed by atoms with Gasteiger partial charge in [0, 0.05) is 11.9 Å². The Kier molecular flexibility index (Phi) is 4.15. The van der Waals surface area contributed by atoms with E-state index in [-0.39, 0.29) is 12.5 Å². The molecule has 110 valence electrons. The Balaban J connectivity index is 1.53. The summed E-state index contributed by atoms with van der Waals surface area (Å²) in [7, 11) is 0. The van der Waals surface area contributed by atoms with Crippen LogP contribution in [0.25, 0.3) is 10.8 Å². The van der Waals surface area contributed by atoms with Crippen molar-refractivity contribution >= 4 is 28.6 Å². The topological polar surface area (TPSA) is 69.3 Å². The summed E-state index contributed by atoms with van der Waals surface area (Å²) in [4.78, 5) is 14.7. The Bertz CT molecular complexity index is 793. The largest absolute Gasteiger partial charge is 0.376 e. The molecule has 0 aliphatic heterocycles. The molecule has 1 aromatic heterocycles. The molecular weight excluding hydrogens is 276 g/mol. The molecule has 2 aromatic carbocycles. The van der Waals surface area contributed by atoms with Gasteiger partial charge in [0.1, 0.15) is 0 Å². The van der Waals surface area contributed by atoms with Crippen LogP contribution in [0.5, 0.6) is 0 Å². The van der Waals surface area contributed by atoms with Gasteiger partial charge in [-0.3, -0.25) is 4.79 Å². The molecule has 3 N–H and O–H groups in total. The summed E-state index contributed by atoms with van der Waals surface area (Å²) in [5.41, 5.74) is 4.22. The van der Waals surface area contributed by atoms with E-state index in [1.54, 1.807) is 12.4 Å². The highest BCUT2D eigenvalue weighted by Gasteiger charge is 2.00. The Labute approximate surface area is 128 Å². The number of benzene rings is 2. The fourth-order valence-electron chi connectivity index (χ4n) is 2.12. The van der Waals surface area contributed by atoms with Gasteiger partial charge in [-0.1, -0.05) is 30.3 Å². The van der Waals surface area contributed by atoms with Crippen molar-refractivity contribution in [3.05, 3.63) is 66.5 Å². The molecule has 0 spiro atoms. The minimum Gasteiger partial charge on any atom is -0.376 e. The molecule has 0 aliphatic rings. The fourth-order valence-corrected chi connectivity index (χ4v) is 2.12. The third kappa shape index (κ3) is 3.52. The van der Waals surface area contributed by atoms with Crippen molar-refractivity contribution in [1.29, 1.82) is 0 Å². The van der Waals surface area contributed by atoms with E-state index in [0.29, 0.717) is 0 Å². The Morgan fingerprint density at radius 1 is 1.09 bits per heavy atom. The number of hydrogen-bond acceptors (Lipinski definition) is 3. The van der Waals surface area contributed by atoms with Crippen molar-refractivity contribution in [3.8, 4) is 0 Å². The number of nitrogens with zero attached hydrogens (tertiary/aromatic N) is 1. The minimum atomic E-state index is -0.198. The molecule has 0 aliphatic carbocycles. The second-order valence-corrected chi connectivity index (χ2v) is 4.83. The Hall–Kier alpha value is -3.08. The van der Waals surface area contributed by atoms with Crippen LogP contribution < -0.4 is 10.7 Å². The van der Waals surface area contributed by atoms with Gasteiger partial charge in [-0.25, -0.2) is 5.43 Å². The number of H-pyrrole nitrogens is 1. The van der Waals surface area contributed by atoms with Crippen LogP contribution in [0.1, 0.15) is 5.69 Å². The van der Waals surface area contributed by atoms with Crippen LogP contribution in [0, 0.1) is 0 Å². The predicted molar refractivity (Wildman–Crippen MR) is 89.0 cm³/mol. The first-order valence-electron chi connectivity index (χ1n) is 6.99. The van der Waals surface area contributed by atoms with Gasteiger partial charge in [0.25, 0.3) is 5.91 Å². The van der Waals surface area contributed by atoms with Gasteiger partial charge >= 0.3 is 0 Å². The molecule has 1 heterocycles. The number of aromatic nitrogens is 1. The highest BCUT2D eigenvalue weighted by Crippen LogP contribution is 2.18. The van der Waals surface area contributed by atoms with Gasteiger partial charge < -0.3 is 10.3 Å². The highest BCUT2D eigenvalue weighted by atomic mass is 16.2. The van der Waals surface area contributed by atoms with Crippen LogP contribution >= 0.6 is 0 Å². The summed E-state index contributed by atoms with van der Waals surface area (Å²) in [6, 6.07) is 17.8. The maximum atomic E-state index is 11.7. The molecular formula is C17H16N4O. The summed E-state index contributed by atoms with van der Waals surface area (Å²) in [6.45, 7) is 0.167. The van der Waals surface area contributed by atoms with Crippen molar-refractivity contribution < 1.29 is 4.79 Å². The number of hydrogen-bond donors (Lipinski definition) is 3. The van der Waals surface area contributed by atoms with E-state index in [1.165, 1.54) is 5.39 Å². The highest BCUT2D eigenvalue weighted by molar-refractivity contribution is 5.87. The summed E-state index contributed by atoms with van der Waals surface area (Å²) in [5, 5.41) is 9.28. The van der Waals surface area contributed by atoms with Gasteiger partial charge in [0.05, 0.1) is 18.5 Å². The number of amides is 1. The van der Waals surface area contributed by atoms with Gasteiger partial charge in [-0.15, -0.1) is 0 Å². The van der Waals surface area contributed by atoms with E-state index in [4.69, 9.17) is 0 Å². The monoisotopic (exact) mass is 292 g/mol. The maximum absolute atomic E-state index is 11.7. The van der Waals surface area contributed by atoms with E-state index >= 15 is 0 Å². The van der Waals surface area contributed by atoms with E-state index in [0.717, 1.165) is 16.8 Å². The van der Waals surface area contributed by atoms with E-state index < -0.39 is 0 Å². The number of carbonyl (C=O) groups is 1. The molecule has 5 heteroatoms. The number of anilines is 1. The number of aromatic amines is 1. The zero-order valence-electron chi connectivity index (χ0n) is 11.9. The molecule has 3 aromatic rings. The Morgan fingerprint density at radius 3 is 2.77 bits per heavy atom. The second-order valence-electron chi connectivity index (χ2n) is 4.83. The lowest BCUT2D eigenvalue weighted by molar-refractivity contribution is -0.119. The van der Waals surface area contributed by atoms with Gasteiger partial charge in [-0.05, 0) is 35.0 Å². The van der Waals surface area contributed by atoms with Gasteiger partial charge in [0.2, 0.25) is 0 Å². The quantitative estimate of drug-likeness (QED) is 0.500. The molecule has 1 amide bonds. The SMILES string of the molecule is O=C(CNc1ccc2ccccc2c1)NN=Cc1ccc[nH]1. The molecule has 0 radical (unpaired) electrons. The molecule has 0 bridgehead atoms. The Morgan fingerprint density at radius 2 is 1.95 bits per heavy atom. The average molecular weight is 292 g/mol. The van der Waals surface area contributed by atoms with E-state index in [9.17, 15) is 4.79 Å². The first kappa shape index (κ1) is 13.9. The minimum absolute atomic E-state index is 0.167. The molecule has 22 heavy (non-hydrogen) atoms. The average Bonchev–Trinajstić information content (AvgIpc) is 3.06. The lowest BCUT2D eigenvalue weighted by Gasteiger charge is -2.06. The third-order valence-electron chi connectivity index (χ3n) is 3.22. The van der Waals surface area contributed by atoms with E-state index in [2.05, 4.69) is 26.9 Å². The number of fused-ring (bicyclic) bond motifs is 1. The zero-order chi connectivity index (χ0) is 15.2. The zero-order valence-corrected chi connectivity index (χ0v) is 11.9. The number of carbonyl (C=O) groups excluding carboxylic acids is 1. The maximum Gasteiger partial charge on any atom is 0.259 e. The van der Waals surface area contributed by atoms with Crippen LogP contribution in [0.2, 0.25) is 0 Å². The lowest BCUT2D eigenvalue weighted by atomic mass is 10.1. The second kappa shape index (κ2) is 6.58. The van der Waals surface area contributed by atoms with Crippen LogP contribution in [-0.4, -0.2) is 23.7 Å². The van der Waals surface area contributed by atoms with Crippen molar-refractivity contribution in [3.63, 3.8) is 0 Å². The lowest BCUT2D eigenvalue weighted by Crippen LogP contribution is -2.25. The summed E-state index contributed by atoms with van der Waals surface area (Å²) in [5.74, 6) is -0.198. The molecule has 0 saturated heterocycles. The summed E-state index contributed by atoms with van der Waals surface area (Å²) >= 11 is 0. The van der Waals surface area contributed by atoms with Crippen molar-refractivity contribution in [2.75, 3.05) is 11.9 Å². The van der Waals surface area contributed by atoms with Crippen LogP contribution in [0.4, 0.5) is 5.69 Å². The smallest absolute Gasteiger partial charge is 0.259 e. The molecule has 3 rings (SSSR count). The molecule has 0 atom stereocenters. The molecule has 0 saturated carbocycles. The summed E-state index contributed by atoms with van der Waals surface area (Å²) < 4.78 is 0. The molecule has 0 unspecified atom stereocenters. The summed E-state index contributed by atoms with van der Waals surface area (Å²) in [6.07, 6.45) is 3.36. The standard InChI is InChI=1S/C17H16N4O/c22-17(21-20-11-16-6-3-9-18-16)12-19-15-8-7-13-4-1-2-5-14(13)10-15/h1-11,18-19H,12H2,(H,21,22). The van der Waals surface area contributed by atoms with E-state index in [1.807, 2.05) is 48.5 Å². The third-order valence-corrected chi connectivity index (χ3v) is 3.22. The normalized spacial score (nSPS) is 10.9. The molecule has 0 fully saturated rings. The molecule has 5 nitrogen and oxygen atoms in total.